The van der Waals surface area contributed by atoms with E-state index in [1.807, 2.05) is 0 Å². The summed E-state index contributed by atoms with van der Waals surface area (Å²) in [5, 5.41) is 12.2. The van der Waals surface area contributed by atoms with Gasteiger partial charge >= 0.3 is 5.97 Å². The molecule has 0 saturated carbocycles. The number of piperidine rings is 1. The van der Waals surface area contributed by atoms with Gasteiger partial charge in [0.05, 0.1) is 5.92 Å². The molecule has 2 saturated heterocycles. The molecule has 2 fully saturated rings. The Hall–Kier alpha value is -1.10. The smallest absolute Gasteiger partial charge is 0.308 e. The zero-order chi connectivity index (χ0) is 12.3. The number of aliphatic carboxylic acids is 1. The Labute approximate surface area is 101 Å². The maximum Gasteiger partial charge on any atom is 0.308 e. The van der Waals surface area contributed by atoms with E-state index in [4.69, 9.17) is 5.11 Å². The van der Waals surface area contributed by atoms with Crippen molar-refractivity contribution in [2.24, 2.45) is 11.8 Å². The quantitative estimate of drug-likeness (QED) is 0.742. The maximum absolute atomic E-state index is 11.6. The highest BCUT2D eigenvalue weighted by atomic mass is 16.4. The molecule has 17 heavy (non-hydrogen) atoms. The van der Waals surface area contributed by atoms with Crippen molar-refractivity contribution in [3.05, 3.63) is 0 Å². The fourth-order valence-electron chi connectivity index (χ4n) is 2.66. The molecule has 0 aromatic heterocycles. The Kier molecular flexibility index (Phi) is 3.99. The largest absolute Gasteiger partial charge is 0.481 e. The second kappa shape index (κ2) is 5.49. The Balaban J connectivity index is 1.75. The Morgan fingerprint density at radius 2 is 2.12 bits per heavy atom. The first-order chi connectivity index (χ1) is 8.16. The number of carbonyl (C=O) groups excluding carboxylic acids is 1. The van der Waals surface area contributed by atoms with E-state index in [1.54, 1.807) is 4.90 Å². The third kappa shape index (κ3) is 3.19. The van der Waals surface area contributed by atoms with Crippen LogP contribution >= 0.6 is 0 Å². The third-order valence-corrected chi connectivity index (χ3v) is 3.83. The van der Waals surface area contributed by atoms with Gasteiger partial charge in [-0.3, -0.25) is 9.59 Å². The van der Waals surface area contributed by atoms with E-state index in [0.29, 0.717) is 12.5 Å². The van der Waals surface area contributed by atoms with Crippen molar-refractivity contribution in [3.8, 4) is 0 Å². The van der Waals surface area contributed by atoms with Gasteiger partial charge in [0.2, 0.25) is 5.91 Å². The van der Waals surface area contributed by atoms with Crippen LogP contribution in [0.4, 0.5) is 0 Å². The van der Waals surface area contributed by atoms with Crippen LogP contribution in [0.5, 0.6) is 0 Å². The molecule has 2 heterocycles. The molecule has 1 atom stereocenters. The first kappa shape index (κ1) is 12.4. The summed E-state index contributed by atoms with van der Waals surface area (Å²) in [6, 6.07) is 0. The number of likely N-dealkylation sites (tertiary alicyclic amines) is 1. The van der Waals surface area contributed by atoms with Crippen LogP contribution in [0.1, 0.15) is 25.7 Å². The molecule has 0 aromatic carbocycles. The molecule has 0 bridgehead atoms. The number of carboxylic acids is 1. The van der Waals surface area contributed by atoms with Crippen LogP contribution in [0, 0.1) is 11.8 Å². The molecule has 5 nitrogen and oxygen atoms in total. The highest BCUT2D eigenvalue weighted by Crippen LogP contribution is 2.21. The molecule has 0 radical (unpaired) electrons. The maximum atomic E-state index is 11.6. The number of nitrogens with zero attached hydrogens (tertiary/aromatic N) is 1. The summed E-state index contributed by atoms with van der Waals surface area (Å²) in [7, 11) is 0. The van der Waals surface area contributed by atoms with E-state index in [9.17, 15) is 9.59 Å². The summed E-state index contributed by atoms with van der Waals surface area (Å²) in [6.07, 6.45) is 3.54. The summed E-state index contributed by atoms with van der Waals surface area (Å²) in [6.45, 7) is 3.26. The number of amides is 1. The highest BCUT2D eigenvalue weighted by Gasteiger charge is 2.34. The minimum atomic E-state index is -0.845. The molecule has 2 N–H and O–H groups in total. The van der Waals surface area contributed by atoms with Crippen molar-refractivity contribution in [2.45, 2.75) is 25.7 Å². The lowest BCUT2D eigenvalue weighted by atomic mass is 9.94. The third-order valence-electron chi connectivity index (χ3n) is 3.83. The fourth-order valence-corrected chi connectivity index (χ4v) is 2.66. The van der Waals surface area contributed by atoms with Gasteiger partial charge in [-0.2, -0.15) is 0 Å². The minimum Gasteiger partial charge on any atom is -0.481 e. The zero-order valence-corrected chi connectivity index (χ0v) is 10.0. The molecule has 2 aliphatic rings. The monoisotopic (exact) mass is 240 g/mol. The van der Waals surface area contributed by atoms with Crippen LogP contribution in [0.2, 0.25) is 0 Å². The Morgan fingerprint density at radius 3 is 2.71 bits per heavy atom. The van der Waals surface area contributed by atoms with Crippen molar-refractivity contribution in [1.29, 1.82) is 0 Å². The molecule has 0 spiro atoms. The highest BCUT2D eigenvalue weighted by molar-refractivity contribution is 5.86. The van der Waals surface area contributed by atoms with Crippen LogP contribution in [0.25, 0.3) is 0 Å². The molecule has 1 unspecified atom stereocenters. The van der Waals surface area contributed by atoms with Crippen molar-refractivity contribution in [2.75, 3.05) is 26.2 Å². The van der Waals surface area contributed by atoms with Gasteiger partial charge in [-0.1, -0.05) is 0 Å². The van der Waals surface area contributed by atoms with Gasteiger partial charge in [-0.25, -0.2) is 0 Å². The van der Waals surface area contributed by atoms with E-state index in [2.05, 4.69) is 5.32 Å². The number of nitrogens with one attached hydrogen (secondary N) is 1. The molecule has 0 aliphatic carbocycles. The molecular weight excluding hydrogens is 220 g/mol. The van der Waals surface area contributed by atoms with Crippen molar-refractivity contribution in [3.63, 3.8) is 0 Å². The van der Waals surface area contributed by atoms with Gasteiger partial charge in [0.15, 0.2) is 0 Å². The fraction of sp³-hybridized carbons (Fsp3) is 0.833. The van der Waals surface area contributed by atoms with Crippen LogP contribution in [0.3, 0.4) is 0 Å². The van der Waals surface area contributed by atoms with Crippen molar-refractivity contribution < 1.29 is 14.7 Å². The van der Waals surface area contributed by atoms with E-state index in [0.717, 1.165) is 26.1 Å². The number of hydrogen-bond acceptors (Lipinski definition) is 3. The summed E-state index contributed by atoms with van der Waals surface area (Å²) in [4.78, 5) is 24.1. The van der Waals surface area contributed by atoms with Gasteiger partial charge in [0.25, 0.3) is 0 Å². The SMILES string of the molecule is O=C(O)C1CC(=O)N(CCC2CCNCC2)C1. The molecule has 2 rings (SSSR count). The lowest BCUT2D eigenvalue weighted by Gasteiger charge is -2.25. The van der Waals surface area contributed by atoms with Crippen molar-refractivity contribution in [1.82, 2.24) is 10.2 Å². The standard InChI is InChI=1S/C12H20N2O3/c15-11-7-10(12(16)17)8-14(11)6-3-9-1-4-13-5-2-9/h9-10,13H,1-8H2,(H,16,17). The van der Waals surface area contributed by atoms with E-state index in [1.165, 1.54) is 12.8 Å². The van der Waals surface area contributed by atoms with Gasteiger partial charge < -0.3 is 15.3 Å². The summed E-state index contributed by atoms with van der Waals surface area (Å²) in [5.41, 5.74) is 0. The second-order valence-electron chi connectivity index (χ2n) is 5.06. The molecule has 96 valence electrons. The molecule has 0 aromatic rings. The molecule has 1 amide bonds. The van der Waals surface area contributed by atoms with Crippen LogP contribution in [0.15, 0.2) is 0 Å². The molecular formula is C12H20N2O3. The molecule has 2 aliphatic heterocycles. The zero-order valence-electron chi connectivity index (χ0n) is 10.0. The van der Waals surface area contributed by atoms with Gasteiger partial charge in [0.1, 0.15) is 0 Å². The van der Waals surface area contributed by atoms with E-state index < -0.39 is 11.9 Å². The Bertz CT molecular complexity index is 300. The van der Waals surface area contributed by atoms with Crippen LogP contribution < -0.4 is 5.32 Å². The van der Waals surface area contributed by atoms with Crippen molar-refractivity contribution >= 4 is 11.9 Å². The summed E-state index contributed by atoms with van der Waals surface area (Å²) < 4.78 is 0. The second-order valence-corrected chi connectivity index (χ2v) is 5.06. The number of carboxylic acid groups (broad SMARTS) is 1. The minimum absolute atomic E-state index is 0.00587. The number of hydrogen-bond donors (Lipinski definition) is 2. The summed E-state index contributed by atoms with van der Waals surface area (Å²) in [5.74, 6) is -0.641. The van der Waals surface area contributed by atoms with E-state index >= 15 is 0 Å². The average molecular weight is 240 g/mol. The average Bonchev–Trinajstić information content (AvgIpc) is 2.70. The lowest BCUT2D eigenvalue weighted by Crippen LogP contribution is -2.32. The predicted octanol–water partition coefficient (Wildman–Crippen LogP) is 0.309. The first-order valence-corrected chi connectivity index (χ1v) is 6.38. The number of rotatable bonds is 4. The first-order valence-electron chi connectivity index (χ1n) is 6.38. The normalized spacial score (nSPS) is 26.5. The van der Waals surface area contributed by atoms with E-state index in [-0.39, 0.29) is 12.3 Å². The van der Waals surface area contributed by atoms with Gasteiger partial charge in [0, 0.05) is 19.5 Å². The van der Waals surface area contributed by atoms with Crippen LogP contribution in [-0.4, -0.2) is 48.1 Å². The predicted molar refractivity (Wildman–Crippen MR) is 62.5 cm³/mol. The topological polar surface area (TPSA) is 69.6 Å². The van der Waals surface area contributed by atoms with Gasteiger partial charge in [-0.05, 0) is 38.3 Å². The Morgan fingerprint density at radius 1 is 1.41 bits per heavy atom. The van der Waals surface area contributed by atoms with Crippen LogP contribution in [-0.2, 0) is 9.59 Å². The number of carbonyl (C=O) groups is 2. The van der Waals surface area contributed by atoms with Gasteiger partial charge in [-0.15, -0.1) is 0 Å². The summed E-state index contributed by atoms with van der Waals surface area (Å²) >= 11 is 0. The molecule has 5 heteroatoms. The lowest BCUT2D eigenvalue weighted by molar-refractivity contribution is -0.141.